The topological polar surface area (TPSA) is 50.8 Å². The fourth-order valence-corrected chi connectivity index (χ4v) is 2.72. The number of esters is 1. The third kappa shape index (κ3) is 3.91. The van der Waals surface area contributed by atoms with E-state index in [1.807, 2.05) is 13.8 Å². The summed E-state index contributed by atoms with van der Waals surface area (Å²) in [5, 5.41) is 3.45. The van der Waals surface area contributed by atoms with Crippen molar-refractivity contribution in [3.8, 4) is 0 Å². The number of ether oxygens (including phenoxy) is 2. The molecule has 2 unspecified atom stereocenters. The minimum absolute atomic E-state index is 0.136. The average molecular weight is 270 g/mol. The van der Waals surface area contributed by atoms with E-state index in [4.69, 9.17) is 9.47 Å². The van der Waals surface area contributed by atoms with E-state index in [9.17, 15) is 4.79 Å². The van der Waals surface area contributed by atoms with Crippen LogP contribution in [0.3, 0.4) is 0 Å². The lowest BCUT2D eigenvalue weighted by Gasteiger charge is -2.32. The maximum absolute atomic E-state index is 12.2. The smallest absolute Gasteiger partial charge is 0.327 e. The van der Waals surface area contributed by atoms with Crippen molar-refractivity contribution in [1.29, 1.82) is 0 Å². The highest BCUT2D eigenvalue weighted by Gasteiger charge is 2.42. The molecule has 1 saturated heterocycles. The van der Waals surface area contributed by atoms with Crippen LogP contribution in [0.5, 0.6) is 0 Å². The zero-order valence-corrected chi connectivity index (χ0v) is 12.3. The standard InChI is InChI=1S/C14H26N2O3/c1-4-19-13(17)14(2,15-11-5-6-11)10-16-8-7-12(9-16)18-3/h11-12,15H,4-10H2,1-3H3. The maximum Gasteiger partial charge on any atom is 0.327 e. The SMILES string of the molecule is CCOC(=O)C(C)(CN1CCC(OC)C1)NC1CC1. The minimum atomic E-state index is -0.597. The first-order valence-electron chi connectivity index (χ1n) is 7.27. The van der Waals surface area contributed by atoms with Gasteiger partial charge in [-0.15, -0.1) is 0 Å². The summed E-state index contributed by atoms with van der Waals surface area (Å²) in [7, 11) is 1.75. The van der Waals surface area contributed by atoms with E-state index >= 15 is 0 Å². The van der Waals surface area contributed by atoms with Crippen LogP contribution in [0.15, 0.2) is 0 Å². The summed E-state index contributed by atoms with van der Waals surface area (Å²) in [5.41, 5.74) is -0.597. The number of carbonyl (C=O) groups excluding carboxylic acids is 1. The third-order valence-electron chi connectivity index (χ3n) is 3.93. The van der Waals surface area contributed by atoms with Crippen molar-refractivity contribution in [3.63, 3.8) is 0 Å². The number of rotatable bonds is 7. The second-order valence-electron chi connectivity index (χ2n) is 5.85. The number of nitrogens with one attached hydrogen (secondary N) is 1. The average Bonchev–Trinajstić information content (AvgIpc) is 3.06. The lowest BCUT2D eigenvalue weighted by atomic mass is 10.0. The quantitative estimate of drug-likeness (QED) is 0.693. The molecule has 0 aromatic rings. The lowest BCUT2D eigenvalue weighted by molar-refractivity contribution is -0.151. The fraction of sp³-hybridized carbons (Fsp3) is 0.929. The maximum atomic E-state index is 12.2. The van der Waals surface area contributed by atoms with Crippen LogP contribution in [-0.2, 0) is 14.3 Å². The Bertz CT molecular complexity index is 320. The predicted molar refractivity (Wildman–Crippen MR) is 73.0 cm³/mol. The number of carbonyl (C=O) groups is 1. The number of nitrogens with zero attached hydrogens (tertiary/aromatic N) is 1. The Morgan fingerprint density at radius 2 is 2.16 bits per heavy atom. The Labute approximate surface area is 115 Å². The third-order valence-corrected chi connectivity index (χ3v) is 3.93. The molecule has 19 heavy (non-hydrogen) atoms. The van der Waals surface area contributed by atoms with E-state index in [1.54, 1.807) is 7.11 Å². The molecule has 0 bridgehead atoms. The summed E-state index contributed by atoms with van der Waals surface area (Å²) < 4.78 is 10.6. The molecule has 1 N–H and O–H groups in total. The summed E-state index contributed by atoms with van der Waals surface area (Å²) in [4.78, 5) is 14.5. The summed E-state index contributed by atoms with van der Waals surface area (Å²) in [6.07, 6.45) is 3.66. The number of hydrogen-bond donors (Lipinski definition) is 1. The molecule has 1 aliphatic heterocycles. The van der Waals surface area contributed by atoms with Gasteiger partial charge in [0.1, 0.15) is 5.54 Å². The van der Waals surface area contributed by atoms with E-state index in [0.29, 0.717) is 25.3 Å². The van der Waals surface area contributed by atoms with Gasteiger partial charge in [0, 0.05) is 32.8 Å². The van der Waals surface area contributed by atoms with Crippen molar-refractivity contribution in [2.24, 2.45) is 0 Å². The molecule has 0 radical (unpaired) electrons. The summed E-state index contributed by atoms with van der Waals surface area (Å²) in [5.74, 6) is -0.136. The molecular formula is C14H26N2O3. The van der Waals surface area contributed by atoms with Gasteiger partial charge in [-0.2, -0.15) is 0 Å². The van der Waals surface area contributed by atoms with Crippen LogP contribution in [0.25, 0.3) is 0 Å². The molecule has 5 nitrogen and oxygen atoms in total. The highest BCUT2D eigenvalue weighted by Crippen LogP contribution is 2.25. The van der Waals surface area contributed by atoms with Gasteiger partial charge >= 0.3 is 5.97 Å². The van der Waals surface area contributed by atoms with Crippen LogP contribution in [0, 0.1) is 0 Å². The van der Waals surface area contributed by atoms with Gasteiger partial charge in [-0.3, -0.25) is 15.0 Å². The molecule has 1 heterocycles. The van der Waals surface area contributed by atoms with Crippen LogP contribution in [0.2, 0.25) is 0 Å². The Balaban J connectivity index is 1.94. The molecule has 1 saturated carbocycles. The molecule has 2 atom stereocenters. The van der Waals surface area contributed by atoms with Crippen molar-refractivity contribution in [3.05, 3.63) is 0 Å². The van der Waals surface area contributed by atoms with Crippen LogP contribution in [0.4, 0.5) is 0 Å². The van der Waals surface area contributed by atoms with Crippen molar-refractivity contribution < 1.29 is 14.3 Å². The molecule has 0 spiro atoms. The van der Waals surface area contributed by atoms with Gasteiger partial charge in [0.05, 0.1) is 12.7 Å². The van der Waals surface area contributed by atoms with E-state index in [1.165, 1.54) is 0 Å². The molecule has 5 heteroatoms. The first kappa shape index (κ1) is 14.8. The summed E-state index contributed by atoms with van der Waals surface area (Å²) in [6, 6.07) is 0.482. The second-order valence-corrected chi connectivity index (χ2v) is 5.85. The molecule has 1 aliphatic carbocycles. The number of hydrogen-bond acceptors (Lipinski definition) is 5. The van der Waals surface area contributed by atoms with E-state index in [-0.39, 0.29) is 5.97 Å². The van der Waals surface area contributed by atoms with Crippen LogP contribution < -0.4 is 5.32 Å². The lowest BCUT2D eigenvalue weighted by Crippen LogP contribution is -2.58. The summed E-state index contributed by atoms with van der Waals surface area (Å²) in [6.45, 7) is 6.83. The van der Waals surface area contributed by atoms with Crippen molar-refractivity contribution in [2.45, 2.75) is 50.8 Å². The van der Waals surface area contributed by atoms with E-state index in [2.05, 4.69) is 10.2 Å². The Kier molecular flexibility index (Phi) is 4.81. The molecule has 110 valence electrons. The molecule has 0 amide bonds. The largest absolute Gasteiger partial charge is 0.465 e. The first-order valence-corrected chi connectivity index (χ1v) is 7.27. The first-order chi connectivity index (χ1) is 9.07. The second kappa shape index (κ2) is 6.20. The zero-order valence-electron chi connectivity index (χ0n) is 12.3. The fourth-order valence-electron chi connectivity index (χ4n) is 2.72. The number of methoxy groups -OCH3 is 1. The Hall–Kier alpha value is -0.650. The van der Waals surface area contributed by atoms with Crippen LogP contribution >= 0.6 is 0 Å². The molecule has 0 aromatic heterocycles. The van der Waals surface area contributed by atoms with Crippen LogP contribution in [0.1, 0.15) is 33.1 Å². The van der Waals surface area contributed by atoms with Crippen molar-refractivity contribution in [1.82, 2.24) is 10.2 Å². The number of likely N-dealkylation sites (tertiary alicyclic amines) is 1. The van der Waals surface area contributed by atoms with Gasteiger partial charge in [0.25, 0.3) is 0 Å². The van der Waals surface area contributed by atoms with Gasteiger partial charge in [-0.25, -0.2) is 0 Å². The Morgan fingerprint density at radius 1 is 1.42 bits per heavy atom. The molecule has 2 rings (SSSR count). The molecule has 0 aromatic carbocycles. The van der Waals surface area contributed by atoms with Gasteiger partial charge in [0.2, 0.25) is 0 Å². The Morgan fingerprint density at radius 3 is 2.68 bits per heavy atom. The normalized spacial score (nSPS) is 27.2. The molecule has 2 aliphatic rings. The van der Waals surface area contributed by atoms with Gasteiger partial charge in [0.15, 0.2) is 0 Å². The van der Waals surface area contributed by atoms with Gasteiger partial charge < -0.3 is 9.47 Å². The van der Waals surface area contributed by atoms with Crippen molar-refractivity contribution in [2.75, 3.05) is 33.4 Å². The molecular weight excluding hydrogens is 244 g/mol. The van der Waals surface area contributed by atoms with E-state index < -0.39 is 5.54 Å². The summed E-state index contributed by atoms with van der Waals surface area (Å²) >= 11 is 0. The molecule has 2 fully saturated rings. The van der Waals surface area contributed by atoms with Crippen molar-refractivity contribution >= 4 is 5.97 Å². The zero-order chi connectivity index (χ0) is 13.9. The van der Waals surface area contributed by atoms with Gasteiger partial charge in [-0.05, 0) is 33.1 Å². The minimum Gasteiger partial charge on any atom is -0.465 e. The van der Waals surface area contributed by atoms with E-state index in [0.717, 1.165) is 32.4 Å². The van der Waals surface area contributed by atoms with Crippen LogP contribution in [-0.4, -0.2) is 61.9 Å². The highest BCUT2D eigenvalue weighted by atomic mass is 16.5. The monoisotopic (exact) mass is 270 g/mol. The van der Waals surface area contributed by atoms with Gasteiger partial charge in [-0.1, -0.05) is 0 Å². The predicted octanol–water partition coefficient (Wildman–Crippen LogP) is 0.781. The highest BCUT2D eigenvalue weighted by molar-refractivity contribution is 5.80.